The topological polar surface area (TPSA) is 46.3 Å². The van der Waals surface area contributed by atoms with Crippen molar-refractivity contribution in [2.75, 3.05) is 13.1 Å². The van der Waals surface area contributed by atoms with Crippen LogP contribution in [-0.2, 0) is 4.79 Å². The van der Waals surface area contributed by atoms with Gasteiger partial charge in [0.15, 0.2) is 0 Å². The van der Waals surface area contributed by atoms with Crippen LogP contribution in [0.3, 0.4) is 0 Å². The minimum atomic E-state index is 0.210. The van der Waals surface area contributed by atoms with E-state index in [1.807, 2.05) is 6.92 Å². The first kappa shape index (κ1) is 13.4. The summed E-state index contributed by atoms with van der Waals surface area (Å²) in [6.45, 7) is 3.09. The molecule has 1 aliphatic rings. The maximum Gasteiger partial charge on any atom is 0.223 e. The van der Waals surface area contributed by atoms with Gasteiger partial charge in [0.25, 0.3) is 0 Å². The molecule has 0 radical (unpaired) electrons. The standard InChI is InChI=1S/C12H22N2OS/c1-2-14(9-11(13)16)12(15)8-10-6-4-3-5-7-10/h10H,2-9H2,1H3,(H2,13,16). The lowest BCUT2D eigenvalue weighted by Crippen LogP contribution is -2.38. The van der Waals surface area contributed by atoms with Gasteiger partial charge in [0.05, 0.1) is 11.5 Å². The number of nitrogens with two attached hydrogens (primary N) is 1. The number of thiocarbonyl (C=S) groups is 1. The summed E-state index contributed by atoms with van der Waals surface area (Å²) in [6.07, 6.45) is 6.97. The van der Waals surface area contributed by atoms with Gasteiger partial charge in [-0.15, -0.1) is 0 Å². The van der Waals surface area contributed by atoms with Crippen LogP contribution < -0.4 is 5.73 Å². The van der Waals surface area contributed by atoms with Crippen LogP contribution in [0, 0.1) is 5.92 Å². The Morgan fingerprint density at radius 1 is 1.38 bits per heavy atom. The van der Waals surface area contributed by atoms with E-state index in [-0.39, 0.29) is 5.91 Å². The fourth-order valence-electron chi connectivity index (χ4n) is 2.33. The van der Waals surface area contributed by atoms with E-state index in [0.717, 1.165) is 0 Å². The molecule has 0 aromatic carbocycles. The van der Waals surface area contributed by atoms with Crippen molar-refractivity contribution in [3.8, 4) is 0 Å². The van der Waals surface area contributed by atoms with Crippen LogP contribution >= 0.6 is 12.2 Å². The third-order valence-corrected chi connectivity index (χ3v) is 3.40. The summed E-state index contributed by atoms with van der Waals surface area (Å²) in [5, 5.41) is 0. The zero-order valence-corrected chi connectivity index (χ0v) is 10.9. The van der Waals surface area contributed by atoms with Crippen LogP contribution in [0.1, 0.15) is 45.4 Å². The number of rotatable bonds is 5. The predicted molar refractivity (Wildman–Crippen MR) is 70.2 cm³/mol. The molecule has 0 atom stereocenters. The van der Waals surface area contributed by atoms with Crippen molar-refractivity contribution in [3.05, 3.63) is 0 Å². The lowest BCUT2D eigenvalue weighted by atomic mass is 9.86. The molecule has 0 aromatic rings. The third kappa shape index (κ3) is 4.47. The van der Waals surface area contributed by atoms with Crippen molar-refractivity contribution >= 4 is 23.1 Å². The summed E-state index contributed by atoms with van der Waals surface area (Å²) in [7, 11) is 0. The number of carbonyl (C=O) groups is 1. The molecule has 2 N–H and O–H groups in total. The van der Waals surface area contributed by atoms with E-state index < -0.39 is 0 Å². The number of likely N-dealkylation sites (N-methyl/N-ethyl adjacent to an activating group) is 1. The summed E-state index contributed by atoms with van der Waals surface area (Å²) < 4.78 is 0. The van der Waals surface area contributed by atoms with Gasteiger partial charge in [0.1, 0.15) is 0 Å². The number of amides is 1. The first-order valence-corrected chi connectivity index (χ1v) is 6.60. The minimum absolute atomic E-state index is 0.210. The van der Waals surface area contributed by atoms with Crippen LogP contribution in [-0.4, -0.2) is 28.9 Å². The fourth-order valence-corrected chi connectivity index (χ4v) is 2.49. The Bertz CT molecular complexity index is 249. The molecule has 1 amide bonds. The molecular weight excluding hydrogens is 220 g/mol. The molecule has 92 valence electrons. The summed E-state index contributed by atoms with van der Waals surface area (Å²) in [4.78, 5) is 14.2. The van der Waals surface area contributed by atoms with E-state index in [1.54, 1.807) is 4.90 Å². The molecule has 4 heteroatoms. The van der Waals surface area contributed by atoms with Gasteiger partial charge in [0, 0.05) is 13.0 Å². The molecule has 0 spiro atoms. The monoisotopic (exact) mass is 242 g/mol. The molecule has 0 aromatic heterocycles. The molecule has 0 saturated heterocycles. The second-order valence-electron chi connectivity index (χ2n) is 4.58. The lowest BCUT2D eigenvalue weighted by Gasteiger charge is -2.25. The predicted octanol–water partition coefficient (Wildman–Crippen LogP) is 2.09. The largest absolute Gasteiger partial charge is 0.392 e. The number of nitrogens with zero attached hydrogens (tertiary/aromatic N) is 1. The van der Waals surface area contributed by atoms with Gasteiger partial charge in [0.2, 0.25) is 5.91 Å². The third-order valence-electron chi connectivity index (χ3n) is 3.27. The van der Waals surface area contributed by atoms with Crippen molar-refractivity contribution in [1.82, 2.24) is 4.90 Å². The highest BCUT2D eigenvalue weighted by Crippen LogP contribution is 2.26. The Balaban J connectivity index is 2.38. The van der Waals surface area contributed by atoms with Crippen molar-refractivity contribution < 1.29 is 4.79 Å². The van der Waals surface area contributed by atoms with Gasteiger partial charge in [-0.3, -0.25) is 4.79 Å². The first-order valence-electron chi connectivity index (χ1n) is 6.19. The summed E-state index contributed by atoms with van der Waals surface area (Å²) in [5.74, 6) is 0.795. The highest BCUT2D eigenvalue weighted by atomic mass is 32.1. The molecule has 0 aliphatic heterocycles. The van der Waals surface area contributed by atoms with E-state index in [0.29, 0.717) is 30.4 Å². The first-order chi connectivity index (χ1) is 7.63. The second-order valence-corrected chi connectivity index (χ2v) is 5.11. The normalized spacial score (nSPS) is 17.1. The fraction of sp³-hybridized carbons (Fsp3) is 0.833. The van der Waals surface area contributed by atoms with E-state index in [2.05, 4.69) is 0 Å². The van der Waals surface area contributed by atoms with E-state index in [4.69, 9.17) is 18.0 Å². The van der Waals surface area contributed by atoms with Crippen LogP contribution in [0.4, 0.5) is 0 Å². The van der Waals surface area contributed by atoms with Crippen molar-refractivity contribution in [1.29, 1.82) is 0 Å². The maximum absolute atomic E-state index is 12.0. The van der Waals surface area contributed by atoms with E-state index >= 15 is 0 Å². The highest BCUT2D eigenvalue weighted by Gasteiger charge is 2.20. The zero-order valence-electron chi connectivity index (χ0n) is 10.1. The van der Waals surface area contributed by atoms with Crippen molar-refractivity contribution in [2.45, 2.75) is 45.4 Å². The Labute approximate surface area is 103 Å². The van der Waals surface area contributed by atoms with Crippen LogP contribution in [0.2, 0.25) is 0 Å². The van der Waals surface area contributed by atoms with Crippen LogP contribution in [0.5, 0.6) is 0 Å². The second kappa shape index (κ2) is 6.84. The molecular formula is C12H22N2OS. The summed E-state index contributed by atoms with van der Waals surface area (Å²) in [5.41, 5.74) is 5.48. The SMILES string of the molecule is CCN(CC(N)=S)C(=O)CC1CCCCC1. The zero-order chi connectivity index (χ0) is 12.0. The average molecular weight is 242 g/mol. The highest BCUT2D eigenvalue weighted by molar-refractivity contribution is 7.80. The summed E-state index contributed by atoms with van der Waals surface area (Å²) >= 11 is 4.85. The van der Waals surface area contributed by atoms with E-state index in [9.17, 15) is 4.79 Å². The van der Waals surface area contributed by atoms with Crippen molar-refractivity contribution in [3.63, 3.8) is 0 Å². The van der Waals surface area contributed by atoms with Gasteiger partial charge < -0.3 is 10.6 Å². The Morgan fingerprint density at radius 2 is 2.00 bits per heavy atom. The number of hydrogen-bond donors (Lipinski definition) is 1. The molecule has 1 aliphatic carbocycles. The number of hydrogen-bond acceptors (Lipinski definition) is 2. The van der Waals surface area contributed by atoms with Gasteiger partial charge >= 0.3 is 0 Å². The quantitative estimate of drug-likeness (QED) is 0.751. The number of carbonyl (C=O) groups excluding carboxylic acids is 1. The molecule has 0 heterocycles. The molecule has 1 fully saturated rings. The average Bonchev–Trinajstić information content (AvgIpc) is 2.26. The Kier molecular flexibility index (Phi) is 5.74. The Hall–Kier alpha value is -0.640. The summed E-state index contributed by atoms with van der Waals surface area (Å²) in [6, 6.07) is 0. The smallest absolute Gasteiger partial charge is 0.223 e. The van der Waals surface area contributed by atoms with Crippen LogP contribution in [0.15, 0.2) is 0 Å². The van der Waals surface area contributed by atoms with Gasteiger partial charge in [-0.1, -0.05) is 31.5 Å². The molecule has 0 unspecified atom stereocenters. The van der Waals surface area contributed by atoms with E-state index in [1.165, 1.54) is 32.1 Å². The van der Waals surface area contributed by atoms with Gasteiger partial charge in [-0.2, -0.15) is 0 Å². The molecule has 1 rings (SSSR count). The van der Waals surface area contributed by atoms with Gasteiger partial charge in [-0.05, 0) is 25.7 Å². The van der Waals surface area contributed by atoms with Crippen molar-refractivity contribution in [2.24, 2.45) is 11.7 Å². The molecule has 3 nitrogen and oxygen atoms in total. The maximum atomic E-state index is 12.0. The van der Waals surface area contributed by atoms with Crippen LogP contribution in [0.25, 0.3) is 0 Å². The van der Waals surface area contributed by atoms with Gasteiger partial charge in [-0.25, -0.2) is 0 Å². The molecule has 1 saturated carbocycles. The Morgan fingerprint density at radius 3 is 2.50 bits per heavy atom. The molecule has 0 bridgehead atoms. The molecule has 16 heavy (non-hydrogen) atoms. The minimum Gasteiger partial charge on any atom is -0.392 e. The lowest BCUT2D eigenvalue weighted by molar-refractivity contribution is -0.131.